The van der Waals surface area contributed by atoms with Crippen LogP contribution in [-0.4, -0.2) is 39.1 Å². The van der Waals surface area contributed by atoms with Gasteiger partial charge in [0.1, 0.15) is 12.2 Å². The fourth-order valence-electron chi connectivity index (χ4n) is 0.994. The summed E-state index contributed by atoms with van der Waals surface area (Å²) in [6.07, 6.45) is 4.07. The Bertz CT molecular complexity index is 289. The molecule has 15 heavy (non-hydrogen) atoms. The minimum absolute atomic E-state index is 0.152. The van der Waals surface area contributed by atoms with Gasteiger partial charge in [0.25, 0.3) is 0 Å². The van der Waals surface area contributed by atoms with Crippen LogP contribution in [0.3, 0.4) is 0 Å². The fraction of sp³-hybridized carbons (Fsp3) is 0.625. The molecule has 0 aliphatic rings. The lowest BCUT2D eigenvalue weighted by Crippen LogP contribution is -2.40. The number of nitrogens with two attached hydrogens (primary N) is 1. The van der Waals surface area contributed by atoms with Crippen molar-refractivity contribution in [2.45, 2.75) is 19.0 Å². The number of nitrogens with one attached hydrogen (secondary N) is 2. The molecule has 0 aliphatic carbocycles. The molecule has 7 heteroatoms. The van der Waals surface area contributed by atoms with E-state index in [1.807, 2.05) is 6.26 Å². The fourth-order valence-corrected chi connectivity index (χ4v) is 1.48. The van der Waals surface area contributed by atoms with Crippen LogP contribution in [0.1, 0.15) is 12.2 Å². The number of aromatic amines is 1. The van der Waals surface area contributed by atoms with E-state index in [0.29, 0.717) is 18.8 Å². The molecule has 4 N–H and O–H groups in total. The van der Waals surface area contributed by atoms with E-state index in [0.717, 1.165) is 5.75 Å². The van der Waals surface area contributed by atoms with E-state index in [4.69, 9.17) is 5.73 Å². The molecular weight excluding hydrogens is 214 g/mol. The second-order valence-electron chi connectivity index (χ2n) is 3.04. The van der Waals surface area contributed by atoms with Crippen molar-refractivity contribution < 1.29 is 4.79 Å². The van der Waals surface area contributed by atoms with Gasteiger partial charge in [-0.1, -0.05) is 0 Å². The van der Waals surface area contributed by atoms with Gasteiger partial charge < -0.3 is 11.1 Å². The van der Waals surface area contributed by atoms with E-state index in [2.05, 4.69) is 20.5 Å². The Balaban J connectivity index is 2.23. The predicted octanol–water partition coefficient (Wildman–Crippen LogP) is -0.499. The number of amides is 1. The summed E-state index contributed by atoms with van der Waals surface area (Å²) < 4.78 is 0. The van der Waals surface area contributed by atoms with Crippen molar-refractivity contribution in [1.82, 2.24) is 20.5 Å². The maximum absolute atomic E-state index is 11.4. The first-order valence-electron chi connectivity index (χ1n) is 4.60. The van der Waals surface area contributed by atoms with Gasteiger partial charge >= 0.3 is 0 Å². The summed E-state index contributed by atoms with van der Waals surface area (Å²) in [5.74, 6) is 1.36. The summed E-state index contributed by atoms with van der Waals surface area (Å²) >= 11 is 1.67. The molecule has 84 valence electrons. The highest BCUT2D eigenvalue weighted by molar-refractivity contribution is 7.98. The van der Waals surface area contributed by atoms with Crippen LogP contribution in [0.5, 0.6) is 0 Å². The minimum Gasteiger partial charge on any atom is -0.347 e. The topological polar surface area (TPSA) is 96.7 Å². The Hall–Kier alpha value is -1.08. The SMILES string of the molecule is CSCC[C@@H](N)C(=O)NCc1ncn[nH]1. The van der Waals surface area contributed by atoms with Gasteiger partial charge in [0.2, 0.25) is 5.91 Å². The number of H-pyrrole nitrogens is 1. The highest BCUT2D eigenvalue weighted by atomic mass is 32.2. The molecule has 0 radical (unpaired) electrons. The van der Waals surface area contributed by atoms with Crippen LogP contribution in [-0.2, 0) is 11.3 Å². The number of rotatable bonds is 6. The summed E-state index contributed by atoms with van der Waals surface area (Å²) in [7, 11) is 0. The molecular formula is C8H15N5OS. The zero-order valence-electron chi connectivity index (χ0n) is 8.56. The minimum atomic E-state index is -0.444. The van der Waals surface area contributed by atoms with Crippen molar-refractivity contribution >= 4 is 17.7 Å². The lowest BCUT2D eigenvalue weighted by molar-refractivity contribution is -0.122. The number of carbonyl (C=O) groups excluding carboxylic acids is 1. The van der Waals surface area contributed by atoms with Gasteiger partial charge in [0, 0.05) is 0 Å². The maximum Gasteiger partial charge on any atom is 0.237 e. The second-order valence-corrected chi connectivity index (χ2v) is 4.02. The van der Waals surface area contributed by atoms with Gasteiger partial charge in [-0.05, 0) is 18.4 Å². The van der Waals surface area contributed by atoms with Crippen molar-refractivity contribution in [3.8, 4) is 0 Å². The average molecular weight is 229 g/mol. The van der Waals surface area contributed by atoms with Crippen LogP contribution in [0.15, 0.2) is 6.33 Å². The number of thioether (sulfide) groups is 1. The molecule has 1 aromatic rings. The van der Waals surface area contributed by atoms with Crippen molar-refractivity contribution in [3.05, 3.63) is 12.2 Å². The summed E-state index contributed by atoms with van der Waals surface area (Å²) in [6, 6.07) is -0.444. The van der Waals surface area contributed by atoms with Crippen LogP contribution in [0.4, 0.5) is 0 Å². The lowest BCUT2D eigenvalue weighted by Gasteiger charge is -2.10. The van der Waals surface area contributed by atoms with Crippen LogP contribution in [0.2, 0.25) is 0 Å². The first-order chi connectivity index (χ1) is 7.24. The van der Waals surface area contributed by atoms with Crippen molar-refractivity contribution in [3.63, 3.8) is 0 Å². The first-order valence-corrected chi connectivity index (χ1v) is 6.00. The summed E-state index contributed by atoms with van der Waals surface area (Å²) in [4.78, 5) is 15.3. The zero-order valence-corrected chi connectivity index (χ0v) is 9.38. The molecule has 1 rings (SSSR count). The quantitative estimate of drug-likeness (QED) is 0.611. The molecule has 0 unspecified atom stereocenters. The summed E-state index contributed by atoms with van der Waals surface area (Å²) in [6.45, 7) is 0.339. The standard InChI is InChI=1S/C8H15N5OS/c1-15-3-2-6(9)8(14)10-4-7-11-5-12-13-7/h5-6H,2-4,9H2,1H3,(H,10,14)(H,11,12,13)/t6-/m1/s1. The Labute approximate surface area is 92.4 Å². The van der Waals surface area contributed by atoms with E-state index in [-0.39, 0.29) is 5.91 Å². The molecule has 0 fully saturated rings. The second kappa shape index (κ2) is 6.41. The molecule has 0 bridgehead atoms. The van der Waals surface area contributed by atoms with Gasteiger partial charge in [-0.2, -0.15) is 16.9 Å². The first kappa shape index (κ1) is 12.0. The van der Waals surface area contributed by atoms with Gasteiger partial charge in [0.05, 0.1) is 12.6 Å². The van der Waals surface area contributed by atoms with Gasteiger partial charge in [-0.15, -0.1) is 0 Å². The van der Waals surface area contributed by atoms with E-state index < -0.39 is 6.04 Å². The number of nitrogens with zero attached hydrogens (tertiary/aromatic N) is 2. The molecule has 0 spiro atoms. The highest BCUT2D eigenvalue weighted by Gasteiger charge is 2.12. The van der Waals surface area contributed by atoms with E-state index >= 15 is 0 Å². The third-order valence-electron chi connectivity index (χ3n) is 1.86. The molecule has 1 aromatic heterocycles. The van der Waals surface area contributed by atoms with Crippen molar-refractivity contribution in [2.24, 2.45) is 5.73 Å². The zero-order chi connectivity index (χ0) is 11.1. The van der Waals surface area contributed by atoms with Gasteiger partial charge in [-0.3, -0.25) is 9.89 Å². The van der Waals surface area contributed by atoms with E-state index in [9.17, 15) is 4.79 Å². The monoisotopic (exact) mass is 229 g/mol. The smallest absolute Gasteiger partial charge is 0.237 e. The Morgan fingerprint density at radius 1 is 1.80 bits per heavy atom. The van der Waals surface area contributed by atoms with Gasteiger partial charge in [0.15, 0.2) is 0 Å². The van der Waals surface area contributed by atoms with Crippen LogP contribution >= 0.6 is 11.8 Å². The third kappa shape index (κ3) is 4.30. The maximum atomic E-state index is 11.4. The summed E-state index contributed by atoms with van der Waals surface area (Å²) in [5, 5.41) is 9.01. The molecule has 0 aliphatic heterocycles. The van der Waals surface area contributed by atoms with Gasteiger partial charge in [-0.25, -0.2) is 4.98 Å². The Morgan fingerprint density at radius 3 is 3.20 bits per heavy atom. The van der Waals surface area contributed by atoms with Crippen molar-refractivity contribution in [1.29, 1.82) is 0 Å². The predicted molar refractivity (Wildman–Crippen MR) is 59.2 cm³/mol. The number of hydrogen-bond donors (Lipinski definition) is 3. The Kier molecular flexibility index (Phi) is 5.13. The molecule has 6 nitrogen and oxygen atoms in total. The molecule has 0 aromatic carbocycles. The molecule has 1 amide bonds. The van der Waals surface area contributed by atoms with Crippen LogP contribution in [0.25, 0.3) is 0 Å². The van der Waals surface area contributed by atoms with Crippen molar-refractivity contribution in [2.75, 3.05) is 12.0 Å². The van der Waals surface area contributed by atoms with Crippen LogP contribution < -0.4 is 11.1 Å². The van der Waals surface area contributed by atoms with E-state index in [1.165, 1.54) is 6.33 Å². The Morgan fingerprint density at radius 2 is 2.60 bits per heavy atom. The number of carbonyl (C=O) groups is 1. The lowest BCUT2D eigenvalue weighted by atomic mass is 10.2. The highest BCUT2D eigenvalue weighted by Crippen LogP contribution is 1.98. The largest absolute Gasteiger partial charge is 0.347 e. The number of hydrogen-bond acceptors (Lipinski definition) is 5. The third-order valence-corrected chi connectivity index (χ3v) is 2.51. The molecule has 0 saturated heterocycles. The molecule has 1 atom stereocenters. The number of aromatic nitrogens is 3. The molecule has 0 saturated carbocycles. The summed E-state index contributed by atoms with van der Waals surface area (Å²) in [5.41, 5.74) is 5.67. The van der Waals surface area contributed by atoms with E-state index in [1.54, 1.807) is 11.8 Å². The van der Waals surface area contributed by atoms with Crippen LogP contribution in [0, 0.1) is 0 Å². The molecule has 1 heterocycles. The normalized spacial score (nSPS) is 12.4. The average Bonchev–Trinajstić information content (AvgIpc) is 2.75.